The number of rotatable bonds is 14. The minimum atomic E-state index is 0.345. The summed E-state index contributed by atoms with van der Waals surface area (Å²) < 4.78 is 0. The fourth-order valence-corrected chi connectivity index (χ4v) is 11.1. The molecule has 53 heavy (non-hydrogen) atoms. The summed E-state index contributed by atoms with van der Waals surface area (Å²) in [7, 11) is 0. The monoisotopic (exact) mass is 714 g/mol. The summed E-state index contributed by atoms with van der Waals surface area (Å²) >= 11 is 0. The summed E-state index contributed by atoms with van der Waals surface area (Å²) in [5.41, 5.74) is 26.1. The van der Waals surface area contributed by atoms with Crippen molar-refractivity contribution in [3.8, 4) is 0 Å². The highest BCUT2D eigenvalue weighted by atomic mass is 14.9. The van der Waals surface area contributed by atoms with Crippen LogP contribution in [-0.4, -0.2) is 19.6 Å². The van der Waals surface area contributed by atoms with Gasteiger partial charge in [0.25, 0.3) is 0 Å². The third-order valence-electron chi connectivity index (χ3n) is 14.2. The zero-order chi connectivity index (χ0) is 37.2. The topological polar surface area (TPSA) is 64.1 Å². The average molecular weight is 714 g/mol. The Balaban J connectivity index is 1.26. The van der Waals surface area contributed by atoms with Crippen molar-refractivity contribution in [1.29, 1.82) is 0 Å². The Morgan fingerprint density at radius 2 is 1.83 bits per heavy atom. The maximum atomic E-state index is 6.28. The molecule has 6 rings (SSSR count). The molecule has 2 saturated carbocycles. The van der Waals surface area contributed by atoms with Gasteiger partial charge in [0.2, 0.25) is 0 Å². The van der Waals surface area contributed by atoms with Crippen molar-refractivity contribution in [2.75, 3.05) is 19.6 Å². The van der Waals surface area contributed by atoms with Crippen LogP contribution in [0.2, 0.25) is 0 Å². The molecule has 0 aromatic heterocycles. The van der Waals surface area contributed by atoms with Crippen molar-refractivity contribution in [1.82, 2.24) is 5.32 Å². The Hall–Kier alpha value is -3.14. The van der Waals surface area contributed by atoms with Gasteiger partial charge >= 0.3 is 0 Å². The van der Waals surface area contributed by atoms with Crippen LogP contribution in [-0.2, 0) is 0 Å². The van der Waals surface area contributed by atoms with E-state index in [1.54, 1.807) is 27.9 Å². The van der Waals surface area contributed by atoms with E-state index < -0.39 is 0 Å². The number of allylic oxidation sites excluding steroid dienone is 19. The molecule has 0 spiro atoms. The molecule has 0 amide bonds. The lowest BCUT2D eigenvalue weighted by Gasteiger charge is -2.44. The van der Waals surface area contributed by atoms with E-state index in [9.17, 15) is 0 Å². The zero-order valence-corrected chi connectivity index (χ0v) is 33.6. The largest absolute Gasteiger partial charge is 0.385 e. The molecule has 0 saturated heterocycles. The first-order valence-corrected chi connectivity index (χ1v) is 21.6. The molecule has 0 aromatic rings. The van der Waals surface area contributed by atoms with Gasteiger partial charge in [0.05, 0.1) is 0 Å². The van der Waals surface area contributed by atoms with Gasteiger partial charge in [-0.2, -0.15) is 0 Å². The summed E-state index contributed by atoms with van der Waals surface area (Å²) in [6.45, 7) is 13.8. The van der Waals surface area contributed by atoms with E-state index in [1.165, 1.54) is 99.5 Å². The van der Waals surface area contributed by atoms with Gasteiger partial charge in [0.15, 0.2) is 0 Å². The van der Waals surface area contributed by atoms with Crippen LogP contribution in [0.5, 0.6) is 0 Å². The van der Waals surface area contributed by atoms with Crippen LogP contribution in [0.15, 0.2) is 130 Å². The average Bonchev–Trinajstić information content (AvgIpc) is 3.20. The van der Waals surface area contributed by atoms with E-state index >= 15 is 0 Å². The number of hydrogen-bond acceptors (Lipinski definition) is 3. The molecule has 0 aliphatic heterocycles. The SMILES string of the molecule is C=C/C(=C\CN)C1=CCCC(C2CCC(/C(C)=C3\C=CCC\C3=C(\CNC3=CC=C4C=CC=CC4C3)C3CCCC(C(C)(CCC)CCN)C3)CC2)=C1. The Morgan fingerprint density at radius 3 is 2.60 bits per heavy atom. The zero-order valence-electron chi connectivity index (χ0n) is 33.6. The molecule has 3 nitrogen and oxygen atoms in total. The van der Waals surface area contributed by atoms with Gasteiger partial charge in [-0.3, -0.25) is 0 Å². The van der Waals surface area contributed by atoms with Gasteiger partial charge in [-0.05, 0) is 172 Å². The highest BCUT2D eigenvalue weighted by Crippen LogP contribution is 2.49. The first-order valence-electron chi connectivity index (χ1n) is 21.6. The van der Waals surface area contributed by atoms with Gasteiger partial charge in [-0.15, -0.1) is 0 Å². The number of nitrogens with one attached hydrogen (secondary N) is 1. The van der Waals surface area contributed by atoms with Crippen molar-refractivity contribution in [3.63, 3.8) is 0 Å². The molecule has 4 unspecified atom stereocenters. The van der Waals surface area contributed by atoms with E-state index in [-0.39, 0.29) is 0 Å². The molecule has 0 bridgehead atoms. The fourth-order valence-electron chi connectivity index (χ4n) is 11.1. The predicted octanol–water partition coefficient (Wildman–Crippen LogP) is 12.0. The van der Waals surface area contributed by atoms with Crippen LogP contribution >= 0.6 is 0 Å². The van der Waals surface area contributed by atoms with E-state index in [0.29, 0.717) is 35.6 Å². The minimum absolute atomic E-state index is 0.345. The maximum Gasteiger partial charge on any atom is 0.0365 e. The molecule has 0 aromatic carbocycles. The Labute approximate surface area is 323 Å². The normalized spacial score (nSPS) is 30.7. The summed E-state index contributed by atoms with van der Waals surface area (Å²) in [5.74, 6) is 3.25. The molecule has 3 heteroatoms. The van der Waals surface area contributed by atoms with Gasteiger partial charge in [0, 0.05) is 24.7 Å². The summed E-state index contributed by atoms with van der Waals surface area (Å²) in [4.78, 5) is 0. The second kappa shape index (κ2) is 18.9. The third kappa shape index (κ3) is 9.57. The molecular weight excluding hydrogens is 643 g/mol. The Morgan fingerprint density at radius 1 is 0.981 bits per heavy atom. The first-order chi connectivity index (χ1) is 25.9. The minimum Gasteiger partial charge on any atom is -0.385 e. The molecule has 6 aliphatic rings. The highest BCUT2D eigenvalue weighted by molar-refractivity contribution is 5.51. The van der Waals surface area contributed by atoms with Gasteiger partial charge in [-0.25, -0.2) is 0 Å². The third-order valence-corrected chi connectivity index (χ3v) is 14.2. The van der Waals surface area contributed by atoms with Crippen LogP contribution in [0.1, 0.15) is 124 Å². The second-order valence-corrected chi connectivity index (χ2v) is 17.4. The number of hydrogen-bond donors (Lipinski definition) is 3. The Kier molecular flexibility index (Phi) is 14.1. The van der Waals surface area contributed by atoms with Crippen molar-refractivity contribution >= 4 is 0 Å². The van der Waals surface area contributed by atoms with Crippen molar-refractivity contribution in [3.05, 3.63) is 130 Å². The van der Waals surface area contributed by atoms with Crippen molar-refractivity contribution < 1.29 is 0 Å². The van der Waals surface area contributed by atoms with Crippen LogP contribution in [0.4, 0.5) is 0 Å². The van der Waals surface area contributed by atoms with Gasteiger partial charge < -0.3 is 16.8 Å². The molecule has 5 N–H and O–H groups in total. The summed E-state index contributed by atoms with van der Waals surface area (Å²) in [6, 6.07) is 0. The van der Waals surface area contributed by atoms with Crippen LogP contribution in [0, 0.1) is 35.0 Å². The van der Waals surface area contributed by atoms with E-state index in [4.69, 9.17) is 11.5 Å². The van der Waals surface area contributed by atoms with E-state index in [0.717, 1.165) is 44.7 Å². The number of fused-ring (bicyclic) bond motifs is 1. The molecule has 6 aliphatic carbocycles. The highest BCUT2D eigenvalue weighted by Gasteiger charge is 2.38. The molecule has 0 heterocycles. The molecule has 4 atom stereocenters. The smallest absolute Gasteiger partial charge is 0.0365 e. The quantitative estimate of drug-likeness (QED) is 0.157. The van der Waals surface area contributed by atoms with E-state index in [1.807, 2.05) is 6.08 Å². The second-order valence-electron chi connectivity index (χ2n) is 17.4. The van der Waals surface area contributed by atoms with Gasteiger partial charge in [0.1, 0.15) is 0 Å². The lowest BCUT2D eigenvalue weighted by Crippen LogP contribution is -2.35. The van der Waals surface area contributed by atoms with Crippen LogP contribution in [0.3, 0.4) is 0 Å². The van der Waals surface area contributed by atoms with E-state index in [2.05, 4.69) is 99.5 Å². The van der Waals surface area contributed by atoms with Gasteiger partial charge in [-0.1, -0.05) is 111 Å². The molecule has 286 valence electrons. The predicted molar refractivity (Wildman–Crippen MR) is 229 cm³/mol. The van der Waals surface area contributed by atoms with Crippen LogP contribution in [0.25, 0.3) is 0 Å². The summed E-state index contributed by atoms with van der Waals surface area (Å²) in [5, 5.41) is 4.06. The lowest BCUT2D eigenvalue weighted by molar-refractivity contribution is 0.0971. The lowest BCUT2D eigenvalue weighted by atomic mass is 9.62. The Bertz CT molecular complexity index is 1610. The van der Waals surface area contributed by atoms with Crippen molar-refractivity contribution in [2.45, 2.75) is 124 Å². The first kappa shape index (κ1) is 39.6. The number of nitrogens with two attached hydrogens (primary N) is 2. The summed E-state index contributed by atoms with van der Waals surface area (Å²) in [6.07, 6.45) is 47.6. The standard InChI is InChI=1S/C50H71N3/c1-5-28-50(4,29-31-52)45-18-12-17-44(33-45)49(35-53-46-26-25-39-13-7-8-14-43(39)34-46)48-20-10-9-19-47(48)36(3)38-21-23-40(24-22-38)42-16-11-15-41(32-42)37(6-2)27-30-51/h6-9,13-15,19,25-27,32,38,40,43-45,53H,2,5,10-12,16-18,20-24,28-31,33-35,51-52H2,1,3-4H3/b37-27+,47-36+,49-48+. The fraction of sp³-hybridized carbons (Fsp3) is 0.560. The van der Waals surface area contributed by atoms with Crippen molar-refractivity contribution in [2.24, 2.45) is 46.5 Å². The maximum absolute atomic E-state index is 6.28. The van der Waals surface area contributed by atoms with Crippen LogP contribution < -0.4 is 16.8 Å². The molecule has 0 radical (unpaired) electrons. The molecule has 2 fully saturated rings. The molecular formula is C50H71N3.